The molecule has 1 rings (SSSR count). The van der Waals surface area contributed by atoms with Crippen molar-refractivity contribution in [2.45, 2.75) is 46.0 Å². The second-order valence-corrected chi connectivity index (χ2v) is 11.8. The van der Waals surface area contributed by atoms with Crippen LogP contribution in [0.25, 0.3) is 6.08 Å². The second kappa shape index (κ2) is 8.50. The van der Waals surface area contributed by atoms with Gasteiger partial charge in [-0.15, -0.1) is 22.8 Å². The summed E-state index contributed by atoms with van der Waals surface area (Å²) >= 11 is 1.65. The summed E-state index contributed by atoms with van der Waals surface area (Å²) in [6, 6.07) is 0. The summed E-state index contributed by atoms with van der Waals surface area (Å²) < 4.78 is 10.8. The molecule has 5 heteroatoms. The summed E-state index contributed by atoms with van der Waals surface area (Å²) in [5.74, 6) is 3.28. The zero-order chi connectivity index (χ0) is 15.9. The average molecular weight is 324 g/mol. The number of rotatable bonds is 6. The van der Waals surface area contributed by atoms with Crippen LogP contribution in [0.3, 0.4) is 0 Å². The first-order valence-electron chi connectivity index (χ1n) is 7.02. The van der Waals surface area contributed by atoms with Crippen LogP contribution in [0.15, 0.2) is 11.0 Å². The van der Waals surface area contributed by atoms with E-state index in [2.05, 4.69) is 54.5 Å². The van der Waals surface area contributed by atoms with Crippen molar-refractivity contribution in [2.75, 3.05) is 13.9 Å². The van der Waals surface area contributed by atoms with Gasteiger partial charge in [-0.2, -0.15) is 0 Å². The molecule has 1 aromatic rings. The fourth-order valence-corrected chi connectivity index (χ4v) is 2.89. The molecule has 0 amide bonds. The van der Waals surface area contributed by atoms with Crippen LogP contribution in [0, 0.1) is 18.4 Å². The highest BCUT2D eigenvalue weighted by Crippen LogP contribution is 2.17. The molecule has 0 aromatic carbocycles. The summed E-state index contributed by atoms with van der Waals surface area (Å²) in [5, 5.41) is 3.13. The molecule has 0 aliphatic carbocycles. The van der Waals surface area contributed by atoms with Crippen LogP contribution >= 0.6 is 11.3 Å². The monoisotopic (exact) mass is 323 g/mol. The van der Waals surface area contributed by atoms with Gasteiger partial charge in [0.25, 0.3) is 0 Å². The van der Waals surface area contributed by atoms with Crippen molar-refractivity contribution < 1.29 is 9.47 Å². The van der Waals surface area contributed by atoms with Gasteiger partial charge >= 0.3 is 0 Å². The molecule has 0 fully saturated rings. The molecular formula is C16H25NO2SSi. The molecule has 1 heterocycles. The first-order valence-corrected chi connectivity index (χ1v) is 11.4. The Bertz CT molecular complexity index is 534. The highest BCUT2D eigenvalue weighted by atomic mass is 32.1. The minimum atomic E-state index is -1.34. The zero-order valence-electron chi connectivity index (χ0n) is 13.8. The number of hydrogen-bond acceptors (Lipinski definition) is 4. The van der Waals surface area contributed by atoms with Gasteiger partial charge in [-0.1, -0.05) is 19.6 Å². The predicted molar refractivity (Wildman–Crippen MR) is 93.0 cm³/mol. The summed E-state index contributed by atoms with van der Waals surface area (Å²) in [5.41, 5.74) is 5.49. The van der Waals surface area contributed by atoms with Gasteiger partial charge < -0.3 is 9.47 Å². The molecule has 0 spiro atoms. The lowest BCUT2D eigenvalue weighted by Crippen LogP contribution is -2.18. The molecule has 1 atom stereocenters. The largest absolute Gasteiger partial charge is 0.359 e. The molecule has 0 saturated heterocycles. The Balaban J connectivity index is 2.80. The van der Waals surface area contributed by atoms with Crippen LogP contribution in [0.5, 0.6) is 0 Å². The second-order valence-electron chi connectivity index (χ2n) is 6.00. The Morgan fingerprint density at radius 2 is 2.19 bits per heavy atom. The third-order valence-electron chi connectivity index (χ3n) is 2.66. The van der Waals surface area contributed by atoms with Gasteiger partial charge in [-0.05, 0) is 25.5 Å². The number of aryl methyl sites for hydroxylation is 1. The molecule has 0 unspecified atom stereocenters. The van der Waals surface area contributed by atoms with Gasteiger partial charge in [0.1, 0.15) is 14.9 Å². The van der Waals surface area contributed by atoms with Crippen LogP contribution in [-0.2, 0) is 9.47 Å². The Kier molecular flexibility index (Phi) is 7.33. The smallest absolute Gasteiger partial charge is 0.147 e. The van der Waals surface area contributed by atoms with Gasteiger partial charge in [-0.3, -0.25) is 0 Å². The molecule has 0 bridgehead atoms. The van der Waals surface area contributed by atoms with Gasteiger partial charge in [0.15, 0.2) is 0 Å². The number of ether oxygens (including phenoxy) is 2. The maximum absolute atomic E-state index is 5.74. The molecule has 0 aliphatic heterocycles. The lowest BCUT2D eigenvalue weighted by molar-refractivity contribution is -0.0569. The minimum Gasteiger partial charge on any atom is -0.359 e. The Morgan fingerprint density at radius 3 is 2.71 bits per heavy atom. The van der Waals surface area contributed by atoms with Gasteiger partial charge in [-0.25, -0.2) is 4.98 Å². The summed E-state index contributed by atoms with van der Waals surface area (Å²) in [7, 11) is 0.294. The molecule has 0 radical (unpaired) electrons. The lowest BCUT2D eigenvalue weighted by Gasteiger charge is -2.16. The van der Waals surface area contributed by atoms with Crippen LogP contribution in [0.1, 0.15) is 24.0 Å². The number of methoxy groups -OCH3 is 1. The summed E-state index contributed by atoms with van der Waals surface area (Å²) in [6.45, 7) is 11.1. The fourth-order valence-electron chi connectivity index (χ4n) is 1.68. The molecule has 0 saturated carbocycles. The van der Waals surface area contributed by atoms with E-state index in [1.165, 1.54) is 0 Å². The Hall–Kier alpha value is -0.933. The van der Waals surface area contributed by atoms with E-state index < -0.39 is 8.07 Å². The SMILES string of the molecule is COCO[C@@H](CC#C[Si](C)(C)C)/C(C)=C/c1csc(C)n1. The normalized spacial score (nSPS) is 13.7. The van der Waals surface area contributed by atoms with E-state index in [0.717, 1.165) is 16.3 Å². The summed E-state index contributed by atoms with van der Waals surface area (Å²) in [6.07, 6.45) is 2.72. The molecule has 21 heavy (non-hydrogen) atoms. The molecule has 0 aliphatic rings. The van der Waals surface area contributed by atoms with Crippen molar-refractivity contribution in [3.05, 3.63) is 21.7 Å². The predicted octanol–water partition coefficient (Wildman–Crippen LogP) is 4.11. The summed E-state index contributed by atoms with van der Waals surface area (Å²) in [4.78, 5) is 4.46. The van der Waals surface area contributed by atoms with E-state index in [0.29, 0.717) is 6.42 Å². The average Bonchev–Trinajstić information content (AvgIpc) is 2.77. The molecular weight excluding hydrogens is 298 g/mol. The molecule has 116 valence electrons. The number of nitrogens with zero attached hydrogens (tertiary/aromatic N) is 1. The van der Waals surface area contributed by atoms with Crippen molar-refractivity contribution in [1.82, 2.24) is 4.98 Å². The highest BCUT2D eigenvalue weighted by molar-refractivity contribution is 7.09. The van der Waals surface area contributed by atoms with Gasteiger partial charge in [0.05, 0.1) is 16.8 Å². The fraction of sp³-hybridized carbons (Fsp3) is 0.562. The van der Waals surface area contributed by atoms with Crippen molar-refractivity contribution in [1.29, 1.82) is 0 Å². The number of aromatic nitrogens is 1. The third-order valence-corrected chi connectivity index (χ3v) is 4.38. The van der Waals surface area contributed by atoms with Crippen molar-refractivity contribution in [2.24, 2.45) is 0 Å². The quantitative estimate of drug-likeness (QED) is 0.448. The number of hydrogen-bond donors (Lipinski definition) is 0. The van der Waals surface area contributed by atoms with Gasteiger partial charge in [0.2, 0.25) is 0 Å². The third kappa shape index (κ3) is 7.58. The van der Waals surface area contributed by atoms with E-state index in [9.17, 15) is 0 Å². The van der Waals surface area contributed by atoms with E-state index in [1.807, 2.05) is 6.92 Å². The molecule has 1 aromatic heterocycles. The van der Waals surface area contributed by atoms with E-state index in [1.54, 1.807) is 18.4 Å². The van der Waals surface area contributed by atoms with Gasteiger partial charge in [0, 0.05) is 18.9 Å². The van der Waals surface area contributed by atoms with Crippen molar-refractivity contribution in [3.63, 3.8) is 0 Å². The lowest BCUT2D eigenvalue weighted by atomic mass is 10.1. The number of thiazole rings is 1. The van der Waals surface area contributed by atoms with Crippen molar-refractivity contribution in [3.8, 4) is 11.5 Å². The maximum Gasteiger partial charge on any atom is 0.147 e. The Labute approximate surface area is 133 Å². The van der Waals surface area contributed by atoms with Crippen molar-refractivity contribution >= 4 is 25.5 Å². The zero-order valence-corrected chi connectivity index (χ0v) is 15.6. The Morgan fingerprint density at radius 1 is 1.48 bits per heavy atom. The van der Waals surface area contributed by atoms with E-state index in [4.69, 9.17) is 9.47 Å². The standard InChI is InChI=1S/C16H25NO2SSi/c1-13(10-15-11-20-14(2)17-15)16(19-12-18-3)8-7-9-21(4,5)6/h10-11,16H,8,12H2,1-6H3/b13-10+/t16-/m0/s1. The van der Waals surface area contributed by atoms with Crippen LogP contribution in [-0.4, -0.2) is 33.1 Å². The first-order chi connectivity index (χ1) is 9.81. The minimum absolute atomic E-state index is 0.0455. The van der Waals surface area contributed by atoms with Crippen LogP contribution in [0.4, 0.5) is 0 Å². The maximum atomic E-state index is 5.74. The first kappa shape index (κ1) is 18.1. The van der Waals surface area contributed by atoms with E-state index >= 15 is 0 Å². The molecule has 0 N–H and O–H groups in total. The van der Waals surface area contributed by atoms with Crippen LogP contribution in [0.2, 0.25) is 19.6 Å². The topological polar surface area (TPSA) is 31.4 Å². The highest BCUT2D eigenvalue weighted by Gasteiger charge is 2.12. The van der Waals surface area contributed by atoms with Crippen LogP contribution < -0.4 is 0 Å². The van der Waals surface area contributed by atoms with E-state index in [-0.39, 0.29) is 12.9 Å². The molecule has 3 nitrogen and oxygen atoms in total.